The quantitative estimate of drug-likeness (QED) is 0.420. The third kappa shape index (κ3) is 6.89. The highest BCUT2D eigenvalue weighted by Crippen LogP contribution is 2.42. The lowest BCUT2D eigenvalue weighted by molar-refractivity contribution is -0.147. The molecule has 8 heteroatoms. The van der Waals surface area contributed by atoms with Gasteiger partial charge in [0.25, 0.3) is 0 Å². The maximum Gasteiger partial charge on any atom is 0.413 e. The Morgan fingerprint density at radius 1 is 1.03 bits per heavy atom. The summed E-state index contributed by atoms with van der Waals surface area (Å²) in [7, 11) is 0. The predicted molar refractivity (Wildman–Crippen MR) is 131 cm³/mol. The molecule has 8 nitrogen and oxygen atoms in total. The molecule has 35 heavy (non-hydrogen) atoms. The molecule has 2 amide bonds. The number of benzene rings is 1. The second kappa shape index (κ2) is 10.1. The van der Waals surface area contributed by atoms with Crippen LogP contribution in [0, 0.1) is 10.8 Å². The summed E-state index contributed by atoms with van der Waals surface area (Å²) in [5, 5.41) is 0. The molecule has 0 unspecified atom stereocenters. The average Bonchev–Trinajstić information content (AvgIpc) is 3.08. The van der Waals surface area contributed by atoms with Gasteiger partial charge in [0.15, 0.2) is 6.23 Å². The number of hydrogen-bond acceptors (Lipinski definition) is 6. The van der Waals surface area contributed by atoms with Crippen molar-refractivity contribution in [3.63, 3.8) is 0 Å². The first kappa shape index (κ1) is 26.8. The van der Waals surface area contributed by atoms with Crippen LogP contribution in [0.4, 0.5) is 9.59 Å². The fourth-order valence-corrected chi connectivity index (χ4v) is 4.54. The molecule has 2 heterocycles. The van der Waals surface area contributed by atoms with Crippen molar-refractivity contribution in [3.05, 3.63) is 35.9 Å². The highest BCUT2D eigenvalue weighted by Gasteiger charge is 2.52. The van der Waals surface area contributed by atoms with Gasteiger partial charge < -0.3 is 19.1 Å². The summed E-state index contributed by atoms with van der Waals surface area (Å²) < 4.78 is 16.8. The molecule has 2 aliphatic rings. The Labute approximate surface area is 208 Å². The van der Waals surface area contributed by atoms with Crippen LogP contribution in [0.25, 0.3) is 0 Å². The number of ether oxygens (including phenoxy) is 3. The van der Waals surface area contributed by atoms with Crippen molar-refractivity contribution in [2.24, 2.45) is 10.8 Å². The number of amides is 2. The lowest BCUT2D eigenvalue weighted by Gasteiger charge is -2.42. The minimum Gasteiger partial charge on any atom is -0.444 e. The Hall–Kier alpha value is -2.77. The number of cyclic esters (lactones) is 1. The Kier molecular flexibility index (Phi) is 7.72. The van der Waals surface area contributed by atoms with E-state index < -0.39 is 35.3 Å². The lowest BCUT2D eigenvalue weighted by atomic mass is 9.75. The first-order valence-electron chi connectivity index (χ1n) is 12.4. The van der Waals surface area contributed by atoms with Crippen LogP contribution in [0.5, 0.6) is 0 Å². The van der Waals surface area contributed by atoms with Crippen LogP contribution in [0.15, 0.2) is 30.3 Å². The van der Waals surface area contributed by atoms with Crippen LogP contribution in [0.3, 0.4) is 0 Å². The van der Waals surface area contributed by atoms with E-state index in [1.807, 2.05) is 71.9 Å². The van der Waals surface area contributed by atoms with Crippen molar-refractivity contribution in [2.75, 3.05) is 13.1 Å². The first-order valence-corrected chi connectivity index (χ1v) is 12.4. The van der Waals surface area contributed by atoms with Gasteiger partial charge in [-0.15, -0.1) is 0 Å². The molecule has 0 saturated carbocycles. The van der Waals surface area contributed by atoms with Gasteiger partial charge in [0.05, 0.1) is 0 Å². The summed E-state index contributed by atoms with van der Waals surface area (Å²) in [6.07, 6.45) is 0.250. The van der Waals surface area contributed by atoms with Crippen LogP contribution >= 0.6 is 0 Å². The molecular formula is C27H40N2O6. The van der Waals surface area contributed by atoms with Gasteiger partial charge in [0, 0.05) is 18.5 Å². The molecule has 0 radical (unpaired) electrons. The molecule has 0 aliphatic carbocycles. The van der Waals surface area contributed by atoms with E-state index in [2.05, 4.69) is 6.92 Å². The zero-order chi connectivity index (χ0) is 26.0. The molecule has 2 aliphatic heterocycles. The second-order valence-corrected chi connectivity index (χ2v) is 12.1. The number of piperidine rings is 1. The van der Waals surface area contributed by atoms with E-state index in [4.69, 9.17) is 14.2 Å². The van der Waals surface area contributed by atoms with Gasteiger partial charge in [-0.2, -0.15) is 0 Å². The fourth-order valence-electron chi connectivity index (χ4n) is 4.54. The Balaban J connectivity index is 1.70. The van der Waals surface area contributed by atoms with Crippen molar-refractivity contribution in [1.82, 2.24) is 9.80 Å². The fraction of sp³-hybridized carbons (Fsp3) is 0.667. The molecule has 1 aromatic carbocycles. The number of carbonyl (C=O) groups excluding carboxylic acids is 3. The molecule has 1 aromatic rings. The molecule has 2 saturated heterocycles. The van der Waals surface area contributed by atoms with Crippen molar-refractivity contribution < 1.29 is 28.6 Å². The number of esters is 1. The highest BCUT2D eigenvalue weighted by atomic mass is 16.6. The summed E-state index contributed by atoms with van der Waals surface area (Å²) in [6.45, 7) is 14.7. The van der Waals surface area contributed by atoms with Crippen LogP contribution < -0.4 is 0 Å². The Bertz CT molecular complexity index is 910. The number of nitrogens with zero attached hydrogens (tertiary/aromatic N) is 2. The third-order valence-electron chi connectivity index (χ3n) is 6.55. The normalized spacial score (nSPS) is 22.5. The van der Waals surface area contributed by atoms with Crippen molar-refractivity contribution >= 4 is 18.2 Å². The lowest BCUT2D eigenvalue weighted by Crippen LogP contribution is -2.51. The molecule has 0 N–H and O–H groups in total. The summed E-state index contributed by atoms with van der Waals surface area (Å²) in [5.74, 6) is -0.405. The first-order chi connectivity index (χ1) is 16.2. The molecule has 194 valence electrons. The second-order valence-electron chi connectivity index (χ2n) is 12.1. The SMILES string of the molecule is CC1(C[C@H]2C(=O)O[C@@H](C(C)(C)C)N2C(=O)OCc2ccccc2)CCN(C(=O)OC(C)(C)C)CC1. The smallest absolute Gasteiger partial charge is 0.413 e. The molecule has 2 atom stereocenters. The number of likely N-dealkylation sites (tertiary alicyclic amines) is 1. The number of hydrogen-bond donors (Lipinski definition) is 0. The van der Waals surface area contributed by atoms with Gasteiger partial charge in [-0.25, -0.2) is 14.4 Å². The molecular weight excluding hydrogens is 448 g/mol. The minimum atomic E-state index is -0.736. The van der Waals surface area contributed by atoms with E-state index in [1.165, 1.54) is 4.90 Å². The maximum absolute atomic E-state index is 13.3. The van der Waals surface area contributed by atoms with E-state index in [1.54, 1.807) is 4.90 Å². The van der Waals surface area contributed by atoms with Gasteiger partial charge in [0.2, 0.25) is 0 Å². The van der Waals surface area contributed by atoms with Crippen LogP contribution in [0.1, 0.15) is 73.3 Å². The molecule has 2 fully saturated rings. The van der Waals surface area contributed by atoms with E-state index >= 15 is 0 Å². The van der Waals surface area contributed by atoms with Gasteiger partial charge in [0.1, 0.15) is 18.2 Å². The zero-order valence-electron chi connectivity index (χ0n) is 22.1. The van der Waals surface area contributed by atoms with Crippen molar-refractivity contribution in [3.8, 4) is 0 Å². The topological polar surface area (TPSA) is 85.4 Å². The summed E-state index contributed by atoms with van der Waals surface area (Å²) in [5.41, 5.74) is -0.393. The average molecular weight is 489 g/mol. The minimum absolute atomic E-state index is 0.121. The van der Waals surface area contributed by atoms with Gasteiger partial charge in [-0.05, 0) is 51.0 Å². The van der Waals surface area contributed by atoms with Crippen LogP contribution in [-0.4, -0.2) is 58.9 Å². The van der Waals surface area contributed by atoms with Gasteiger partial charge in [-0.3, -0.25) is 4.90 Å². The summed E-state index contributed by atoms with van der Waals surface area (Å²) >= 11 is 0. The maximum atomic E-state index is 13.3. The van der Waals surface area contributed by atoms with Gasteiger partial charge in [-0.1, -0.05) is 58.0 Å². The monoisotopic (exact) mass is 488 g/mol. The summed E-state index contributed by atoms with van der Waals surface area (Å²) in [4.78, 5) is 41.9. The standard InChI is InChI=1S/C27H40N2O6/c1-25(2,3)22-29(24(32)33-18-19-11-9-8-10-12-19)20(21(30)34-22)17-27(7)13-15-28(16-14-27)23(31)35-26(4,5)6/h8-12,20,22H,13-18H2,1-7H3/t20-,22-/m0/s1. The Morgan fingerprint density at radius 2 is 1.63 bits per heavy atom. The molecule has 3 rings (SSSR count). The van der Waals surface area contributed by atoms with Crippen LogP contribution in [0.2, 0.25) is 0 Å². The summed E-state index contributed by atoms with van der Waals surface area (Å²) in [6, 6.07) is 8.71. The van der Waals surface area contributed by atoms with Crippen LogP contribution in [-0.2, 0) is 25.6 Å². The Morgan fingerprint density at radius 3 is 2.17 bits per heavy atom. The largest absolute Gasteiger partial charge is 0.444 e. The third-order valence-corrected chi connectivity index (χ3v) is 6.55. The molecule has 0 bridgehead atoms. The highest BCUT2D eigenvalue weighted by molar-refractivity contribution is 5.84. The van der Waals surface area contributed by atoms with Gasteiger partial charge >= 0.3 is 18.2 Å². The van der Waals surface area contributed by atoms with E-state index in [0.717, 1.165) is 5.56 Å². The van der Waals surface area contributed by atoms with Crippen molar-refractivity contribution in [2.45, 2.75) is 92.2 Å². The molecule has 0 spiro atoms. The van der Waals surface area contributed by atoms with E-state index in [-0.39, 0.29) is 18.1 Å². The van der Waals surface area contributed by atoms with E-state index in [9.17, 15) is 14.4 Å². The zero-order valence-corrected chi connectivity index (χ0v) is 22.1. The predicted octanol–water partition coefficient (Wildman–Crippen LogP) is 5.35. The number of carbonyl (C=O) groups is 3. The molecule has 0 aromatic heterocycles. The number of rotatable bonds is 4. The van der Waals surface area contributed by atoms with E-state index in [0.29, 0.717) is 32.4 Å². The van der Waals surface area contributed by atoms with Crippen molar-refractivity contribution in [1.29, 1.82) is 0 Å².